The van der Waals surface area contributed by atoms with E-state index < -0.39 is 5.60 Å². The van der Waals surface area contributed by atoms with Crippen LogP contribution >= 0.6 is 0 Å². The lowest BCUT2D eigenvalue weighted by Gasteiger charge is -2.23. The summed E-state index contributed by atoms with van der Waals surface area (Å²) in [6, 6.07) is 13.5. The number of hydrogen-bond donors (Lipinski definition) is 1. The zero-order valence-corrected chi connectivity index (χ0v) is 13.5. The number of carbonyl (C=O) groups excluding carboxylic acids is 1. The largest absolute Gasteiger partial charge is 0.377 e. The number of aromatic nitrogens is 1. The molecule has 0 amide bonds. The van der Waals surface area contributed by atoms with Gasteiger partial charge in [-0.15, -0.1) is 0 Å². The number of aliphatic hydroxyl groups is 1. The van der Waals surface area contributed by atoms with Gasteiger partial charge in [0.2, 0.25) is 0 Å². The molecule has 0 fully saturated rings. The minimum atomic E-state index is -1.37. The SMILES string of the molecule is CCCCC1C(=O)C(O)(CCc2ccccn2)c2ccccc21. The van der Waals surface area contributed by atoms with Crippen LogP contribution in [0.1, 0.15) is 55.3 Å². The summed E-state index contributed by atoms with van der Waals surface area (Å²) in [6.07, 6.45) is 5.60. The standard InChI is InChI=1S/C20H23NO2/c1-2-3-9-17-16-10-4-5-11-18(16)20(23,19(17)22)13-12-15-8-6-7-14-21-15/h4-8,10-11,14,17,23H,2-3,9,12-13H2,1H3. The molecular weight excluding hydrogens is 286 g/mol. The lowest BCUT2D eigenvalue weighted by atomic mass is 9.87. The van der Waals surface area contributed by atoms with E-state index in [4.69, 9.17) is 0 Å². The highest BCUT2D eigenvalue weighted by Gasteiger charge is 2.49. The maximum Gasteiger partial charge on any atom is 0.176 e. The smallest absolute Gasteiger partial charge is 0.176 e. The molecule has 1 N–H and O–H groups in total. The molecule has 0 saturated carbocycles. The van der Waals surface area contributed by atoms with Crippen LogP contribution in [-0.4, -0.2) is 15.9 Å². The highest BCUT2D eigenvalue weighted by Crippen LogP contribution is 2.45. The molecular formula is C20H23NO2. The van der Waals surface area contributed by atoms with Crippen LogP contribution in [-0.2, 0) is 16.8 Å². The molecule has 120 valence electrons. The maximum absolute atomic E-state index is 12.9. The van der Waals surface area contributed by atoms with Crippen LogP contribution in [0.3, 0.4) is 0 Å². The summed E-state index contributed by atoms with van der Waals surface area (Å²) >= 11 is 0. The fourth-order valence-corrected chi connectivity index (χ4v) is 3.55. The van der Waals surface area contributed by atoms with Gasteiger partial charge in [-0.05, 0) is 42.5 Å². The Morgan fingerprint density at radius 1 is 1.17 bits per heavy atom. The third-order valence-electron chi connectivity index (χ3n) is 4.82. The number of carbonyl (C=O) groups is 1. The normalized spacial score (nSPS) is 23.0. The third-order valence-corrected chi connectivity index (χ3v) is 4.82. The predicted molar refractivity (Wildman–Crippen MR) is 90.2 cm³/mol. The topological polar surface area (TPSA) is 50.2 Å². The number of benzene rings is 1. The Balaban J connectivity index is 1.87. The summed E-state index contributed by atoms with van der Waals surface area (Å²) in [7, 11) is 0. The second kappa shape index (κ2) is 6.63. The van der Waals surface area contributed by atoms with Crippen LogP contribution in [0.4, 0.5) is 0 Å². The van der Waals surface area contributed by atoms with Gasteiger partial charge >= 0.3 is 0 Å². The first-order valence-corrected chi connectivity index (χ1v) is 8.43. The van der Waals surface area contributed by atoms with Crippen LogP contribution in [0, 0.1) is 0 Å². The van der Waals surface area contributed by atoms with Gasteiger partial charge in [-0.2, -0.15) is 0 Å². The highest BCUT2D eigenvalue weighted by molar-refractivity contribution is 5.98. The molecule has 1 aromatic carbocycles. The average molecular weight is 309 g/mol. The summed E-state index contributed by atoms with van der Waals surface area (Å²) in [6.45, 7) is 2.12. The van der Waals surface area contributed by atoms with Crippen molar-refractivity contribution < 1.29 is 9.90 Å². The van der Waals surface area contributed by atoms with E-state index in [0.717, 1.165) is 36.1 Å². The molecule has 3 rings (SSSR count). The summed E-state index contributed by atoms with van der Waals surface area (Å²) in [5.41, 5.74) is 1.34. The van der Waals surface area contributed by atoms with E-state index in [1.54, 1.807) is 6.20 Å². The fourth-order valence-electron chi connectivity index (χ4n) is 3.55. The van der Waals surface area contributed by atoms with Crippen molar-refractivity contribution in [3.05, 3.63) is 65.5 Å². The predicted octanol–water partition coefficient (Wildman–Crippen LogP) is 3.76. The van der Waals surface area contributed by atoms with E-state index >= 15 is 0 Å². The van der Waals surface area contributed by atoms with Gasteiger partial charge in [0, 0.05) is 17.8 Å². The van der Waals surface area contributed by atoms with E-state index in [1.807, 2.05) is 42.5 Å². The van der Waals surface area contributed by atoms with Gasteiger partial charge in [0.1, 0.15) is 5.60 Å². The first kappa shape index (κ1) is 15.9. The Morgan fingerprint density at radius 3 is 2.70 bits per heavy atom. The van der Waals surface area contributed by atoms with E-state index in [0.29, 0.717) is 12.8 Å². The number of hydrogen-bond acceptors (Lipinski definition) is 3. The number of unbranched alkanes of at least 4 members (excludes halogenated alkanes) is 1. The van der Waals surface area contributed by atoms with Gasteiger partial charge in [-0.25, -0.2) is 0 Å². The van der Waals surface area contributed by atoms with Gasteiger partial charge in [-0.1, -0.05) is 50.1 Å². The molecule has 0 bridgehead atoms. The minimum Gasteiger partial charge on any atom is -0.377 e. The van der Waals surface area contributed by atoms with Crippen molar-refractivity contribution in [2.24, 2.45) is 0 Å². The second-order valence-corrected chi connectivity index (χ2v) is 6.33. The molecule has 3 nitrogen and oxygen atoms in total. The van der Waals surface area contributed by atoms with Crippen molar-refractivity contribution in [2.75, 3.05) is 0 Å². The lowest BCUT2D eigenvalue weighted by molar-refractivity contribution is -0.138. The number of rotatable bonds is 6. The molecule has 0 aliphatic heterocycles. The Morgan fingerprint density at radius 2 is 1.96 bits per heavy atom. The fraction of sp³-hybridized carbons (Fsp3) is 0.400. The van der Waals surface area contributed by atoms with Crippen molar-refractivity contribution in [3.63, 3.8) is 0 Å². The van der Waals surface area contributed by atoms with Gasteiger partial charge in [-0.3, -0.25) is 9.78 Å². The van der Waals surface area contributed by atoms with Crippen LogP contribution in [0.5, 0.6) is 0 Å². The molecule has 23 heavy (non-hydrogen) atoms. The Bertz CT molecular complexity index is 683. The van der Waals surface area contributed by atoms with Gasteiger partial charge in [0.15, 0.2) is 5.78 Å². The first-order valence-electron chi connectivity index (χ1n) is 8.43. The highest BCUT2D eigenvalue weighted by atomic mass is 16.3. The molecule has 0 spiro atoms. The van der Waals surface area contributed by atoms with Crippen LogP contribution in [0.2, 0.25) is 0 Å². The Hall–Kier alpha value is -2.00. The molecule has 0 saturated heterocycles. The number of Topliss-reactive ketones (excluding diaryl/α,β-unsaturated/α-hetero) is 1. The summed E-state index contributed by atoms with van der Waals surface area (Å²) in [5, 5.41) is 11.2. The van der Waals surface area contributed by atoms with Gasteiger partial charge < -0.3 is 5.11 Å². The van der Waals surface area contributed by atoms with Crippen molar-refractivity contribution in [1.29, 1.82) is 0 Å². The van der Waals surface area contributed by atoms with E-state index in [2.05, 4.69) is 11.9 Å². The van der Waals surface area contributed by atoms with Crippen molar-refractivity contribution in [3.8, 4) is 0 Å². The lowest BCUT2D eigenvalue weighted by Crippen LogP contribution is -2.33. The maximum atomic E-state index is 12.9. The summed E-state index contributed by atoms with van der Waals surface area (Å²) < 4.78 is 0. The molecule has 1 aromatic heterocycles. The van der Waals surface area contributed by atoms with Gasteiger partial charge in [0.25, 0.3) is 0 Å². The molecule has 1 aliphatic carbocycles. The third kappa shape index (κ3) is 2.93. The molecule has 1 heterocycles. The quantitative estimate of drug-likeness (QED) is 0.884. The van der Waals surface area contributed by atoms with Gasteiger partial charge in [0.05, 0.1) is 0 Å². The zero-order chi connectivity index (χ0) is 16.3. The number of pyridine rings is 1. The number of ketones is 1. The van der Waals surface area contributed by atoms with Crippen LogP contribution in [0.25, 0.3) is 0 Å². The Kier molecular flexibility index (Phi) is 4.58. The zero-order valence-electron chi connectivity index (χ0n) is 13.5. The number of aryl methyl sites for hydroxylation is 1. The van der Waals surface area contributed by atoms with Crippen LogP contribution < -0.4 is 0 Å². The second-order valence-electron chi connectivity index (χ2n) is 6.33. The molecule has 2 aromatic rings. The summed E-state index contributed by atoms with van der Waals surface area (Å²) in [4.78, 5) is 17.2. The van der Waals surface area contributed by atoms with Crippen molar-refractivity contribution >= 4 is 5.78 Å². The summed E-state index contributed by atoms with van der Waals surface area (Å²) in [5.74, 6) is -0.206. The number of fused-ring (bicyclic) bond motifs is 1. The van der Waals surface area contributed by atoms with Crippen molar-refractivity contribution in [2.45, 2.75) is 50.5 Å². The van der Waals surface area contributed by atoms with E-state index in [9.17, 15) is 9.90 Å². The molecule has 3 heteroatoms. The molecule has 0 radical (unpaired) electrons. The average Bonchev–Trinajstić information content (AvgIpc) is 2.81. The molecule has 2 unspecified atom stereocenters. The minimum absolute atomic E-state index is 0.0388. The molecule has 1 aliphatic rings. The number of nitrogens with zero attached hydrogens (tertiary/aromatic N) is 1. The van der Waals surface area contributed by atoms with Crippen molar-refractivity contribution in [1.82, 2.24) is 4.98 Å². The monoisotopic (exact) mass is 309 g/mol. The van der Waals surface area contributed by atoms with E-state index in [1.165, 1.54) is 0 Å². The Labute approximate surface area is 137 Å². The first-order chi connectivity index (χ1) is 11.2. The van der Waals surface area contributed by atoms with E-state index in [-0.39, 0.29) is 11.7 Å². The van der Waals surface area contributed by atoms with Crippen LogP contribution in [0.15, 0.2) is 48.7 Å². The molecule has 2 atom stereocenters.